The lowest BCUT2D eigenvalue weighted by molar-refractivity contribution is -0.126. The van der Waals surface area contributed by atoms with E-state index < -0.39 is 5.60 Å². The van der Waals surface area contributed by atoms with Crippen molar-refractivity contribution < 1.29 is 14.3 Å². The van der Waals surface area contributed by atoms with Crippen molar-refractivity contribution >= 4 is 12.0 Å². The lowest BCUT2D eigenvalue weighted by atomic mass is 9.97. The molecule has 1 saturated heterocycles. The third-order valence-corrected chi connectivity index (χ3v) is 5.59. The van der Waals surface area contributed by atoms with Crippen molar-refractivity contribution in [2.75, 3.05) is 13.1 Å². The number of likely N-dealkylation sites (tertiary alicyclic amines) is 1. The topological polar surface area (TPSA) is 76.5 Å². The average Bonchev–Trinajstić information content (AvgIpc) is 2.98. The number of nitrogens with one attached hydrogen (secondary N) is 1. The maximum atomic E-state index is 12.8. The first-order valence-corrected chi connectivity index (χ1v) is 11.0. The Morgan fingerprint density at radius 2 is 1.90 bits per heavy atom. The first-order chi connectivity index (χ1) is 14.6. The molecule has 0 bridgehead atoms. The van der Waals surface area contributed by atoms with Crippen LogP contribution >= 0.6 is 0 Å². The molecule has 0 radical (unpaired) electrons. The first-order valence-electron chi connectivity index (χ1n) is 11.0. The smallest absolute Gasteiger partial charge is 0.410 e. The molecular formula is C24H34N4O3. The highest BCUT2D eigenvalue weighted by Crippen LogP contribution is 2.20. The summed E-state index contributed by atoms with van der Waals surface area (Å²) in [4.78, 5) is 26.8. The predicted molar refractivity (Wildman–Crippen MR) is 120 cm³/mol. The van der Waals surface area contributed by atoms with Crippen LogP contribution < -0.4 is 5.32 Å². The van der Waals surface area contributed by atoms with E-state index >= 15 is 0 Å². The van der Waals surface area contributed by atoms with Gasteiger partial charge in [-0.3, -0.25) is 9.48 Å². The third kappa shape index (κ3) is 6.09. The molecule has 0 saturated carbocycles. The summed E-state index contributed by atoms with van der Waals surface area (Å²) in [5.74, 6) is -0.246. The molecule has 2 amide bonds. The number of piperidine rings is 1. The van der Waals surface area contributed by atoms with E-state index in [2.05, 4.69) is 22.5 Å². The van der Waals surface area contributed by atoms with Gasteiger partial charge in [-0.2, -0.15) is 5.10 Å². The van der Waals surface area contributed by atoms with E-state index in [1.54, 1.807) is 4.90 Å². The Hall–Kier alpha value is -2.83. The van der Waals surface area contributed by atoms with Crippen LogP contribution in [0, 0.1) is 19.8 Å². The van der Waals surface area contributed by atoms with Crippen LogP contribution in [-0.4, -0.2) is 45.4 Å². The fraction of sp³-hybridized carbons (Fsp3) is 0.542. The van der Waals surface area contributed by atoms with Gasteiger partial charge in [-0.1, -0.05) is 30.3 Å². The summed E-state index contributed by atoms with van der Waals surface area (Å²) < 4.78 is 7.44. The Morgan fingerprint density at radius 1 is 1.19 bits per heavy atom. The molecule has 0 aliphatic carbocycles. The molecule has 7 nitrogen and oxygen atoms in total. The summed E-state index contributed by atoms with van der Waals surface area (Å²) in [7, 11) is 0. The summed E-state index contributed by atoms with van der Waals surface area (Å²) >= 11 is 0. The number of carbonyl (C=O) groups is 2. The van der Waals surface area contributed by atoms with E-state index in [9.17, 15) is 9.59 Å². The quantitative estimate of drug-likeness (QED) is 0.789. The molecule has 0 spiro atoms. The Kier molecular flexibility index (Phi) is 7.03. The number of nitrogens with zero attached hydrogens (tertiary/aromatic N) is 3. The number of aromatic nitrogens is 2. The molecule has 1 atom stereocenters. The number of hydrogen-bond donors (Lipinski definition) is 1. The highest BCUT2D eigenvalue weighted by atomic mass is 16.6. The number of aryl methyl sites for hydroxylation is 1. The van der Waals surface area contributed by atoms with Crippen LogP contribution in [0.2, 0.25) is 0 Å². The van der Waals surface area contributed by atoms with Gasteiger partial charge >= 0.3 is 6.09 Å². The second-order valence-electron chi connectivity index (χ2n) is 9.28. The normalized spacial score (nSPS) is 16.8. The van der Waals surface area contributed by atoms with E-state index in [1.807, 2.05) is 57.5 Å². The number of benzene rings is 1. The van der Waals surface area contributed by atoms with Crippen LogP contribution in [0.3, 0.4) is 0 Å². The van der Waals surface area contributed by atoms with Crippen LogP contribution in [-0.2, 0) is 22.6 Å². The van der Waals surface area contributed by atoms with Gasteiger partial charge in [-0.05, 0) is 53.0 Å². The number of hydrogen-bond acceptors (Lipinski definition) is 4. The highest BCUT2D eigenvalue weighted by Gasteiger charge is 2.31. The number of rotatable bonds is 5. The third-order valence-electron chi connectivity index (χ3n) is 5.59. The van der Waals surface area contributed by atoms with Crippen molar-refractivity contribution in [2.24, 2.45) is 5.92 Å². The van der Waals surface area contributed by atoms with Gasteiger partial charge in [0.25, 0.3) is 0 Å². The second-order valence-corrected chi connectivity index (χ2v) is 9.28. The Morgan fingerprint density at radius 3 is 2.58 bits per heavy atom. The Labute approximate surface area is 184 Å². The van der Waals surface area contributed by atoms with Crippen molar-refractivity contribution in [3.8, 4) is 0 Å². The summed E-state index contributed by atoms with van der Waals surface area (Å²) in [6.07, 6.45) is 1.22. The minimum atomic E-state index is -0.540. The fourth-order valence-electron chi connectivity index (χ4n) is 3.90. The van der Waals surface area contributed by atoms with E-state index in [-0.39, 0.29) is 17.9 Å². The number of carbonyl (C=O) groups excluding carboxylic acids is 2. The number of amides is 2. The van der Waals surface area contributed by atoms with Gasteiger partial charge < -0.3 is 15.0 Å². The van der Waals surface area contributed by atoms with E-state index in [0.717, 1.165) is 29.8 Å². The van der Waals surface area contributed by atoms with Crippen molar-refractivity contribution in [2.45, 2.75) is 66.2 Å². The first kappa shape index (κ1) is 22.8. The minimum Gasteiger partial charge on any atom is -0.444 e. The summed E-state index contributed by atoms with van der Waals surface area (Å²) in [5.41, 5.74) is 3.67. The minimum absolute atomic E-state index is 0.0251. The fourth-order valence-corrected chi connectivity index (χ4v) is 3.90. The average molecular weight is 427 g/mol. The van der Waals surface area contributed by atoms with E-state index in [4.69, 9.17) is 4.74 Å². The second kappa shape index (κ2) is 9.54. The zero-order valence-corrected chi connectivity index (χ0v) is 19.3. The van der Waals surface area contributed by atoms with Crippen molar-refractivity contribution in [3.63, 3.8) is 0 Å². The van der Waals surface area contributed by atoms with Gasteiger partial charge in [-0.25, -0.2) is 4.79 Å². The zero-order valence-electron chi connectivity index (χ0n) is 19.3. The van der Waals surface area contributed by atoms with Gasteiger partial charge in [0.05, 0.1) is 18.2 Å². The molecule has 2 aromatic rings. The van der Waals surface area contributed by atoms with Gasteiger partial charge in [-0.15, -0.1) is 0 Å². The maximum Gasteiger partial charge on any atom is 0.410 e. The van der Waals surface area contributed by atoms with Gasteiger partial charge in [0.15, 0.2) is 0 Å². The maximum absolute atomic E-state index is 12.8. The van der Waals surface area contributed by atoms with Crippen molar-refractivity contribution in [3.05, 3.63) is 52.8 Å². The van der Waals surface area contributed by atoms with Gasteiger partial charge in [0, 0.05) is 30.9 Å². The molecule has 31 heavy (non-hydrogen) atoms. The molecule has 1 unspecified atom stereocenters. The molecule has 1 aliphatic rings. The summed E-state index contributed by atoms with van der Waals surface area (Å²) in [6, 6.07) is 10.2. The molecule has 1 aromatic carbocycles. The Bertz CT molecular complexity index is 915. The standard InChI is InChI=1S/C24H34N4O3/c1-17-21(18(2)28(26-17)15-19-10-7-6-8-11-19)14-25-22(29)20-12-9-13-27(16-20)23(30)31-24(3,4)5/h6-8,10-11,20H,9,12-16H2,1-5H3,(H,25,29). The number of ether oxygens (including phenoxy) is 1. The lowest BCUT2D eigenvalue weighted by Crippen LogP contribution is -2.46. The van der Waals surface area contributed by atoms with Gasteiger partial charge in [0.2, 0.25) is 5.91 Å². The molecule has 168 valence electrons. The highest BCUT2D eigenvalue weighted by molar-refractivity contribution is 5.80. The molecule has 2 heterocycles. The van der Waals surface area contributed by atoms with E-state index in [1.165, 1.54) is 5.56 Å². The van der Waals surface area contributed by atoms with Crippen molar-refractivity contribution in [1.29, 1.82) is 0 Å². The lowest BCUT2D eigenvalue weighted by Gasteiger charge is -2.33. The molecule has 3 rings (SSSR count). The van der Waals surface area contributed by atoms with Crippen LogP contribution in [0.4, 0.5) is 4.79 Å². The van der Waals surface area contributed by atoms with Crippen LogP contribution in [0.1, 0.15) is 56.1 Å². The Balaban J connectivity index is 1.58. The molecular weight excluding hydrogens is 392 g/mol. The monoisotopic (exact) mass is 426 g/mol. The zero-order chi connectivity index (χ0) is 22.6. The molecule has 1 aromatic heterocycles. The van der Waals surface area contributed by atoms with Crippen LogP contribution in [0.25, 0.3) is 0 Å². The largest absolute Gasteiger partial charge is 0.444 e. The van der Waals surface area contributed by atoms with Crippen molar-refractivity contribution in [1.82, 2.24) is 20.0 Å². The van der Waals surface area contributed by atoms with Crippen LogP contribution in [0.15, 0.2) is 30.3 Å². The SMILES string of the molecule is Cc1nn(Cc2ccccc2)c(C)c1CNC(=O)C1CCCN(C(=O)OC(C)(C)C)C1. The molecule has 1 fully saturated rings. The van der Waals surface area contributed by atoms with E-state index in [0.29, 0.717) is 26.2 Å². The molecule has 7 heteroatoms. The van der Waals surface area contributed by atoms with Crippen LogP contribution in [0.5, 0.6) is 0 Å². The molecule has 1 aliphatic heterocycles. The summed E-state index contributed by atoms with van der Waals surface area (Å²) in [6.45, 7) is 11.7. The summed E-state index contributed by atoms with van der Waals surface area (Å²) in [5, 5.41) is 7.73. The molecule has 1 N–H and O–H groups in total. The van der Waals surface area contributed by atoms with Gasteiger partial charge in [0.1, 0.15) is 5.60 Å². The predicted octanol–water partition coefficient (Wildman–Crippen LogP) is 3.81.